The van der Waals surface area contributed by atoms with Crippen LogP contribution < -0.4 is 4.74 Å². The van der Waals surface area contributed by atoms with Crippen LogP contribution in [0.1, 0.15) is 48.1 Å². The van der Waals surface area contributed by atoms with Gasteiger partial charge in [-0.2, -0.15) is 13.2 Å². The first kappa shape index (κ1) is 27.5. The molecule has 0 heterocycles. The number of benzene rings is 2. The highest BCUT2D eigenvalue weighted by Gasteiger charge is 2.46. The van der Waals surface area contributed by atoms with Gasteiger partial charge in [0, 0.05) is 17.6 Å². The van der Waals surface area contributed by atoms with E-state index in [2.05, 4.69) is 5.16 Å². The van der Waals surface area contributed by atoms with Gasteiger partial charge in [-0.25, -0.2) is 4.79 Å². The SMILES string of the molecule is CON=C(C)c1ccc(OCc2c(C(F)(F)F)cccc2C2(C(=O)O)C=CC(C)=C(C(=O)O)C2)c(C)c1. The monoisotopic (exact) mass is 517 g/mol. The van der Waals surface area contributed by atoms with E-state index < -0.39 is 42.1 Å². The maximum absolute atomic E-state index is 14.1. The first-order chi connectivity index (χ1) is 17.3. The molecule has 3 rings (SSSR count). The third-order valence-corrected chi connectivity index (χ3v) is 6.34. The summed E-state index contributed by atoms with van der Waals surface area (Å²) >= 11 is 0. The van der Waals surface area contributed by atoms with Crippen LogP contribution in [0.25, 0.3) is 0 Å². The molecule has 0 aromatic heterocycles. The number of nitrogens with zero attached hydrogens (tertiary/aromatic N) is 1. The Bertz CT molecular complexity index is 1330. The number of alkyl halides is 3. The zero-order chi connectivity index (χ0) is 27.5. The molecule has 37 heavy (non-hydrogen) atoms. The first-order valence-corrected chi connectivity index (χ1v) is 11.2. The first-order valence-electron chi connectivity index (χ1n) is 11.2. The van der Waals surface area contributed by atoms with Gasteiger partial charge in [0.05, 0.1) is 11.3 Å². The molecule has 10 heteroatoms. The summed E-state index contributed by atoms with van der Waals surface area (Å²) in [5, 5.41) is 23.6. The lowest BCUT2D eigenvalue weighted by atomic mass is 9.69. The van der Waals surface area contributed by atoms with E-state index in [9.17, 15) is 33.0 Å². The Hall–Kier alpha value is -4.08. The minimum atomic E-state index is -4.80. The average molecular weight is 518 g/mol. The van der Waals surface area contributed by atoms with E-state index in [1.807, 2.05) is 0 Å². The summed E-state index contributed by atoms with van der Waals surface area (Å²) in [6.07, 6.45) is -2.76. The van der Waals surface area contributed by atoms with E-state index in [1.165, 1.54) is 32.3 Å². The number of hydrogen-bond acceptors (Lipinski definition) is 5. The van der Waals surface area contributed by atoms with Crippen molar-refractivity contribution in [2.24, 2.45) is 5.16 Å². The molecule has 1 aliphatic carbocycles. The van der Waals surface area contributed by atoms with Gasteiger partial charge in [-0.15, -0.1) is 0 Å². The molecule has 0 fully saturated rings. The highest BCUT2D eigenvalue weighted by Crippen LogP contribution is 2.43. The van der Waals surface area contributed by atoms with Gasteiger partial charge in [0.2, 0.25) is 0 Å². The molecular formula is C27H26F3NO6. The van der Waals surface area contributed by atoms with E-state index in [4.69, 9.17) is 9.57 Å². The number of halogens is 3. The molecule has 196 valence electrons. The summed E-state index contributed by atoms with van der Waals surface area (Å²) in [6, 6.07) is 8.23. The van der Waals surface area contributed by atoms with Crippen molar-refractivity contribution < 1.29 is 42.5 Å². The number of rotatable bonds is 8. The van der Waals surface area contributed by atoms with Crippen LogP contribution in [0.5, 0.6) is 5.75 Å². The number of hydrogen-bond donors (Lipinski definition) is 2. The van der Waals surface area contributed by atoms with Crippen LogP contribution in [-0.4, -0.2) is 35.0 Å². The number of oxime groups is 1. The largest absolute Gasteiger partial charge is 0.489 e. The minimum absolute atomic E-state index is 0.185. The summed E-state index contributed by atoms with van der Waals surface area (Å²) in [4.78, 5) is 29.1. The van der Waals surface area contributed by atoms with Crippen LogP contribution in [0.3, 0.4) is 0 Å². The standard InChI is InChI=1S/C27H26F3NO6/c1-15-10-11-26(25(34)35,13-19(15)24(32)33)21-6-5-7-22(27(28,29)30)20(21)14-37-23-9-8-18(12-16(23)2)17(3)31-36-4/h5-12H,13-14H2,1-4H3,(H,32,33)(H,34,35). The Balaban J connectivity index is 2.11. The molecular weight excluding hydrogens is 491 g/mol. The third-order valence-electron chi connectivity index (χ3n) is 6.34. The fourth-order valence-electron chi connectivity index (χ4n) is 4.34. The molecule has 1 aliphatic rings. The molecule has 1 unspecified atom stereocenters. The lowest BCUT2D eigenvalue weighted by Crippen LogP contribution is -2.38. The van der Waals surface area contributed by atoms with E-state index in [0.717, 1.165) is 17.7 Å². The molecule has 2 aromatic carbocycles. The van der Waals surface area contributed by atoms with Crippen LogP contribution in [0.2, 0.25) is 0 Å². The number of aliphatic carboxylic acids is 2. The Labute approximate surface area is 211 Å². The predicted molar refractivity (Wildman–Crippen MR) is 130 cm³/mol. The molecule has 2 N–H and O–H groups in total. The molecule has 0 spiro atoms. The van der Waals surface area contributed by atoms with Crippen LogP contribution in [0.4, 0.5) is 13.2 Å². The number of carboxylic acids is 2. The molecule has 0 saturated carbocycles. The Morgan fingerprint density at radius 3 is 2.41 bits per heavy atom. The Morgan fingerprint density at radius 1 is 1.14 bits per heavy atom. The van der Waals surface area contributed by atoms with E-state index >= 15 is 0 Å². The molecule has 0 bridgehead atoms. The van der Waals surface area contributed by atoms with Crippen LogP contribution in [0.15, 0.2) is 64.9 Å². The predicted octanol–water partition coefficient (Wildman–Crippen LogP) is 5.65. The smallest absolute Gasteiger partial charge is 0.416 e. The second-order valence-corrected chi connectivity index (χ2v) is 8.71. The molecule has 1 atom stereocenters. The van der Waals surface area contributed by atoms with Gasteiger partial charge in [0.25, 0.3) is 0 Å². The Morgan fingerprint density at radius 2 is 1.84 bits per heavy atom. The number of carboxylic acid groups (broad SMARTS) is 2. The summed E-state index contributed by atoms with van der Waals surface area (Å²) in [6.45, 7) is 4.36. The quantitative estimate of drug-likeness (QED) is 0.347. The molecule has 0 saturated heterocycles. The summed E-state index contributed by atoms with van der Waals surface area (Å²) in [5.74, 6) is -2.51. The van der Waals surface area contributed by atoms with Crippen molar-refractivity contribution in [2.75, 3.05) is 7.11 Å². The second-order valence-electron chi connectivity index (χ2n) is 8.71. The van der Waals surface area contributed by atoms with Gasteiger partial charge in [-0.05, 0) is 67.3 Å². The highest BCUT2D eigenvalue weighted by molar-refractivity contribution is 5.98. The van der Waals surface area contributed by atoms with Crippen molar-refractivity contribution >= 4 is 17.7 Å². The van der Waals surface area contributed by atoms with Gasteiger partial charge in [0.1, 0.15) is 24.9 Å². The van der Waals surface area contributed by atoms with Gasteiger partial charge < -0.3 is 19.8 Å². The van der Waals surface area contributed by atoms with Gasteiger partial charge >= 0.3 is 18.1 Å². The van der Waals surface area contributed by atoms with E-state index in [1.54, 1.807) is 32.0 Å². The van der Waals surface area contributed by atoms with Crippen LogP contribution in [0, 0.1) is 6.92 Å². The van der Waals surface area contributed by atoms with Gasteiger partial charge in [0.15, 0.2) is 0 Å². The molecule has 2 aromatic rings. The maximum Gasteiger partial charge on any atom is 0.416 e. The van der Waals surface area contributed by atoms with Crippen LogP contribution >= 0.6 is 0 Å². The molecule has 0 aliphatic heterocycles. The minimum Gasteiger partial charge on any atom is -0.489 e. The third kappa shape index (κ3) is 5.52. The van der Waals surface area contributed by atoms with Crippen molar-refractivity contribution in [1.29, 1.82) is 0 Å². The molecule has 0 radical (unpaired) electrons. The van der Waals surface area contributed by atoms with Crippen LogP contribution in [-0.2, 0) is 32.6 Å². The summed E-state index contributed by atoms with van der Waals surface area (Å²) in [5.41, 5.74) is -1.58. The number of allylic oxidation sites excluding steroid dienone is 2. The fourth-order valence-corrected chi connectivity index (χ4v) is 4.34. The van der Waals surface area contributed by atoms with Crippen molar-refractivity contribution in [2.45, 2.75) is 45.4 Å². The molecule has 7 nitrogen and oxygen atoms in total. The van der Waals surface area contributed by atoms with E-state index in [0.29, 0.717) is 22.6 Å². The highest BCUT2D eigenvalue weighted by atomic mass is 19.4. The molecule has 0 amide bonds. The Kier molecular flexibility index (Phi) is 7.80. The van der Waals surface area contributed by atoms with Gasteiger partial charge in [-0.1, -0.05) is 29.4 Å². The normalized spacial score (nSPS) is 18.1. The summed E-state index contributed by atoms with van der Waals surface area (Å²) in [7, 11) is 1.41. The lowest BCUT2D eigenvalue weighted by Gasteiger charge is -2.33. The van der Waals surface area contributed by atoms with Gasteiger partial charge in [-0.3, -0.25) is 4.79 Å². The van der Waals surface area contributed by atoms with Crippen molar-refractivity contribution in [3.05, 3.63) is 87.5 Å². The zero-order valence-electron chi connectivity index (χ0n) is 20.6. The zero-order valence-corrected chi connectivity index (χ0v) is 20.6. The van der Waals surface area contributed by atoms with E-state index in [-0.39, 0.29) is 16.7 Å². The van der Waals surface area contributed by atoms with Crippen molar-refractivity contribution in [1.82, 2.24) is 0 Å². The maximum atomic E-state index is 14.1. The van der Waals surface area contributed by atoms with Crippen molar-refractivity contribution in [3.8, 4) is 5.75 Å². The average Bonchev–Trinajstić information content (AvgIpc) is 2.82. The number of carbonyl (C=O) groups is 2. The lowest BCUT2D eigenvalue weighted by molar-refractivity contribution is -0.143. The topological polar surface area (TPSA) is 105 Å². The number of ether oxygens (including phenoxy) is 1. The second kappa shape index (κ2) is 10.5. The summed E-state index contributed by atoms with van der Waals surface area (Å²) < 4.78 is 48.0. The van der Waals surface area contributed by atoms with Crippen molar-refractivity contribution in [3.63, 3.8) is 0 Å². The number of aryl methyl sites for hydroxylation is 1. The fraction of sp³-hybridized carbons (Fsp3) is 0.296.